The number of carbonyl (C=O) groups is 1. The second-order valence-corrected chi connectivity index (χ2v) is 2.25. The average molecular weight is 226 g/mol. The maximum Gasteiger partial charge on any atom is 0.0499 e. The molecule has 0 aromatic carbocycles. The smallest absolute Gasteiger partial charge is 0.0499 e. The van der Waals surface area contributed by atoms with E-state index in [1.54, 1.807) is 14.0 Å². The van der Waals surface area contributed by atoms with Crippen molar-refractivity contribution in [1.29, 1.82) is 0 Å². The molecule has 0 bridgehead atoms. The van der Waals surface area contributed by atoms with E-state index >= 15 is 0 Å². The number of Topliss-reactive ketones (excluding diaryl/α,β-unsaturated/α-hetero) is 1. The summed E-state index contributed by atoms with van der Waals surface area (Å²) in [7, 11) is 1.75. The standard InChI is InChI=1S/C7H9N2O.Y/c1-5-7(6(2)10)4-9(3)8-5;/h1-3H3;/q-1;. The first-order valence-electron chi connectivity index (χ1n) is 3.05. The SMILES string of the molecule is CC(=O)c1[c-]n(C)nc1C.[Y]. The summed E-state index contributed by atoms with van der Waals surface area (Å²) < 4.78 is 1.52. The predicted octanol–water partition coefficient (Wildman–Crippen LogP) is 0.729. The first-order valence-corrected chi connectivity index (χ1v) is 3.05. The van der Waals surface area contributed by atoms with Crippen LogP contribution in [0, 0.1) is 13.1 Å². The van der Waals surface area contributed by atoms with Gasteiger partial charge in [0.25, 0.3) is 0 Å². The summed E-state index contributed by atoms with van der Waals surface area (Å²) in [5.41, 5.74) is 1.33. The molecule has 0 unspecified atom stereocenters. The number of ketones is 1. The number of hydrogen-bond acceptors (Lipinski definition) is 2. The Morgan fingerprint density at radius 3 is 2.36 bits per heavy atom. The second kappa shape index (κ2) is 4.12. The summed E-state index contributed by atoms with van der Waals surface area (Å²) in [6, 6.07) is 0. The summed E-state index contributed by atoms with van der Waals surface area (Å²) in [5, 5.41) is 3.97. The van der Waals surface area contributed by atoms with Gasteiger partial charge in [0, 0.05) is 45.5 Å². The fourth-order valence-corrected chi connectivity index (χ4v) is 0.876. The van der Waals surface area contributed by atoms with Crippen LogP contribution in [0.2, 0.25) is 0 Å². The number of nitrogens with zero attached hydrogens (tertiary/aromatic N) is 2. The van der Waals surface area contributed by atoms with Gasteiger partial charge in [0.1, 0.15) is 0 Å². The number of carbonyl (C=O) groups excluding carboxylic acids is 1. The third-order valence-electron chi connectivity index (χ3n) is 1.29. The molecule has 0 saturated carbocycles. The summed E-state index contributed by atoms with van der Waals surface area (Å²) in [6.07, 6.45) is 2.80. The van der Waals surface area contributed by atoms with Crippen molar-refractivity contribution in [3.63, 3.8) is 0 Å². The molecule has 1 aromatic rings. The van der Waals surface area contributed by atoms with E-state index in [0.29, 0.717) is 5.56 Å². The van der Waals surface area contributed by atoms with Gasteiger partial charge in [0.05, 0.1) is 0 Å². The van der Waals surface area contributed by atoms with Crippen molar-refractivity contribution in [1.82, 2.24) is 9.78 Å². The van der Waals surface area contributed by atoms with Gasteiger partial charge < -0.3 is 9.48 Å². The average Bonchev–Trinajstić information content (AvgIpc) is 2.10. The second-order valence-electron chi connectivity index (χ2n) is 2.25. The zero-order valence-corrected chi connectivity index (χ0v) is 9.72. The molecule has 0 spiro atoms. The van der Waals surface area contributed by atoms with E-state index < -0.39 is 0 Å². The van der Waals surface area contributed by atoms with Gasteiger partial charge in [-0.2, -0.15) is 0 Å². The van der Waals surface area contributed by atoms with Crippen LogP contribution in [-0.2, 0) is 39.8 Å². The molecule has 1 aromatic heterocycles. The molecule has 1 rings (SSSR count). The Morgan fingerprint density at radius 1 is 1.64 bits per heavy atom. The van der Waals surface area contributed by atoms with Gasteiger partial charge in [-0.05, 0) is 12.6 Å². The maximum atomic E-state index is 10.8. The van der Waals surface area contributed by atoms with Crippen LogP contribution in [-0.4, -0.2) is 15.6 Å². The molecule has 11 heavy (non-hydrogen) atoms. The van der Waals surface area contributed by atoms with Crippen LogP contribution in [0.15, 0.2) is 0 Å². The van der Waals surface area contributed by atoms with Crippen LogP contribution in [0.3, 0.4) is 0 Å². The fourth-order valence-electron chi connectivity index (χ4n) is 0.876. The van der Waals surface area contributed by atoms with E-state index in [0.717, 1.165) is 5.69 Å². The Kier molecular flexibility index (Phi) is 4.11. The molecule has 1 radical (unpaired) electrons. The Labute approximate surface area is 91.0 Å². The molecule has 0 amide bonds. The summed E-state index contributed by atoms with van der Waals surface area (Å²) in [5.74, 6) is 0.0191. The van der Waals surface area contributed by atoms with Crippen molar-refractivity contribution in [3.8, 4) is 0 Å². The Bertz CT molecular complexity index is 267. The quantitative estimate of drug-likeness (QED) is 0.522. The van der Waals surface area contributed by atoms with Crippen LogP contribution >= 0.6 is 0 Å². The van der Waals surface area contributed by atoms with E-state index in [4.69, 9.17) is 0 Å². The molecule has 0 aliphatic heterocycles. The molecule has 0 saturated heterocycles. The van der Waals surface area contributed by atoms with E-state index in [1.165, 1.54) is 11.6 Å². The fraction of sp³-hybridized carbons (Fsp3) is 0.429. The van der Waals surface area contributed by atoms with Crippen molar-refractivity contribution in [2.75, 3.05) is 0 Å². The van der Waals surface area contributed by atoms with Gasteiger partial charge >= 0.3 is 0 Å². The van der Waals surface area contributed by atoms with Crippen molar-refractivity contribution < 1.29 is 37.5 Å². The Hall–Kier alpha value is -0.0161. The van der Waals surface area contributed by atoms with Gasteiger partial charge in [-0.3, -0.25) is 5.10 Å². The van der Waals surface area contributed by atoms with Crippen molar-refractivity contribution in [3.05, 3.63) is 17.5 Å². The minimum absolute atomic E-state index is 0. The van der Waals surface area contributed by atoms with Crippen molar-refractivity contribution in [2.45, 2.75) is 13.8 Å². The zero-order valence-electron chi connectivity index (χ0n) is 6.88. The number of rotatable bonds is 1. The van der Waals surface area contributed by atoms with Gasteiger partial charge in [-0.15, -0.1) is 5.56 Å². The molecule has 4 heteroatoms. The molecule has 1 heterocycles. The number of hydrogen-bond donors (Lipinski definition) is 0. The zero-order chi connectivity index (χ0) is 7.72. The molecule has 0 atom stereocenters. The van der Waals surface area contributed by atoms with Crippen molar-refractivity contribution >= 4 is 5.78 Å². The predicted molar refractivity (Wildman–Crippen MR) is 36.8 cm³/mol. The molecule has 0 fully saturated rings. The van der Waals surface area contributed by atoms with Crippen LogP contribution in [0.1, 0.15) is 23.0 Å². The van der Waals surface area contributed by atoms with Crippen LogP contribution in [0.25, 0.3) is 0 Å². The maximum absolute atomic E-state index is 10.8. The van der Waals surface area contributed by atoms with E-state index in [1.807, 2.05) is 0 Å². The van der Waals surface area contributed by atoms with Gasteiger partial charge in [-0.25, -0.2) is 0 Å². The molecular formula is C7H9N2OY-. The first kappa shape index (κ1) is 11.0. The van der Waals surface area contributed by atoms with E-state index in [-0.39, 0.29) is 38.5 Å². The van der Waals surface area contributed by atoms with E-state index in [9.17, 15) is 4.79 Å². The molecule has 3 nitrogen and oxygen atoms in total. The van der Waals surface area contributed by atoms with Crippen LogP contribution in [0.4, 0.5) is 0 Å². The number of aromatic nitrogens is 2. The normalized spacial score (nSPS) is 9.00. The summed E-state index contributed by atoms with van der Waals surface area (Å²) in [6.45, 7) is 3.31. The Morgan fingerprint density at radius 2 is 2.18 bits per heavy atom. The summed E-state index contributed by atoms with van der Waals surface area (Å²) in [4.78, 5) is 10.8. The largest absolute Gasteiger partial charge is 0.371 e. The monoisotopic (exact) mass is 226 g/mol. The minimum Gasteiger partial charge on any atom is -0.371 e. The third-order valence-corrected chi connectivity index (χ3v) is 1.29. The summed E-state index contributed by atoms with van der Waals surface area (Å²) >= 11 is 0. The van der Waals surface area contributed by atoms with Gasteiger partial charge in [0.2, 0.25) is 0 Å². The minimum atomic E-state index is 0. The third kappa shape index (κ3) is 2.49. The van der Waals surface area contributed by atoms with Crippen LogP contribution in [0.5, 0.6) is 0 Å². The molecule has 57 valence electrons. The van der Waals surface area contributed by atoms with Gasteiger partial charge in [-0.1, -0.05) is 13.1 Å². The number of aryl methyl sites for hydroxylation is 2. The molecule has 0 aliphatic carbocycles. The van der Waals surface area contributed by atoms with Crippen molar-refractivity contribution in [2.24, 2.45) is 7.05 Å². The molecular weight excluding hydrogens is 217 g/mol. The topological polar surface area (TPSA) is 34.9 Å². The van der Waals surface area contributed by atoms with Gasteiger partial charge in [0.15, 0.2) is 0 Å². The van der Waals surface area contributed by atoms with E-state index in [2.05, 4.69) is 11.3 Å². The molecule has 0 aliphatic rings. The molecule has 0 N–H and O–H groups in total. The van der Waals surface area contributed by atoms with Crippen LogP contribution < -0.4 is 0 Å². The first-order chi connectivity index (χ1) is 4.61. The Balaban J connectivity index is 0.000001000.